The summed E-state index contributed by atoms with van der Waals surface area (Å²) in [5, 5.41) is 0. The normalized spacial score (nSPS) is 18.0. The van der Waals surface area contributed by atoms with Gasteiger partial charge in [-0.1, -0.05) is 15.9 Å². The number of ether oxygens (including phenoxy) is 3. The molecule has 0 aromatic heterocycles. The zero-order valence-electron chi connectivity index (χ0n) is 12.7. The standard InChI is InChI=1S/C16H19BrO5/c1-20-14-7-10(11(17)9-15(14)21-2)8-16(19)22-13-6-4-3-5-12(13)18/h7,9,13H,3-6,8H2,1-2H3/t13-/m0/s1. The fraction of sp³-hybridized carbons (Fsp3) is 0.500. The van der Waals surface area contributed by atoms with Gasteiger partial charge in [-0.25, -0.2) is 0 Å². The third kappa shape index (κ3) is 4.00. The lowest BCUT2D eigenvalue weighted by atomic mass is 9.96. The number of carbonyl (C=O) groups is 2. The molecule has 1 aliphatic carbocycles. The first kappa shape index (κ1) is 16.8. The van der Waals surface area contributed by atoms with Crippen LogP contribution in [0.1, 0.15) is 31.2 Å². The number of carbonyl (C=O) groups excluding carboxylic acids is 2. The zero-order valence-corrected chi connectivity index (χ0v) is 14.3. The lowest BCUT2D eigenvalue weighted by molar-refractivity contribution is -0.156. The van der Waals surface area contributed by atoms with E-state index in [0.29, 0.717) is 24.3 Å². The maximum atomic E-state index is 12.1. The topological polar surface area (TPSA) is 61.8 Å². The van der Waals surface area contributed by atoms with Gasteiger partial charge in [0.05, 0.1) is 20.6 Å². The molecule has 5 nitrogen and oxygen atoms in total. The van der Waals surface area contributed by atoms with E-state index in [2.05, 4.69) is 15.9 Å². The number of hydrogen-bond acceptors (Lipinski definition) is 5. The molecule has 0 heterocycles. The van der Waals surface area contributed by atoms with E-state index in [-0.39, 0.29) is 12.2 Å². The van der Waals surface area contributed by atoms with E-state index < -0.39 is 12.1 Å². The van der Waals surface area contributed by atoms with Crippen molar-refractivity contribution in [3.8, 4) is 11.5 Å². The monoisotopic (exact) mass is 370 g/mol. The van der Waals surface area contributed by atoms with Crippen LogP contribution in [-0.4, -0.2) is 32.1 Å². The van der Waals surface area contributed by atoms with E-state index in [1.807, 2.05) is 0 Å². The second kappa shape index (κ2) is 7.63. The molecule has 0 radical (unpaired) electrons. The van der Waals surface area contributed by atoms with Gasteiger partial charge >= 0.3 is 5.97 Å². The van der Waals surface area contributed by atoms with Crippen LogP contribution in [0.25, 0.3) is 0 Å². The third-order valence-electron chi connectivity index (χ3n) is 3.66. The molecule has 2 rings (SSSR count). The van der Waals surface area contributed by atoms with Gasteiger partial charge in [0, 0.05) is 10.9 Å². The second-order valence-electron chi connectivity index (χ2n) is 5.17. The van der Waals surface area contributed by atoms with E-state index in [1.54, 1.807) is 19.2 Å². The molecule has 1 fully saturated rings. The molecule has 6 heteroatoms. The molecule has 0 unspecified atom stereocenters. The highest BCUT2D eigenvalue weighted by molar-refractivity contribution is 9.10. The van der Waals surface area contributed by atoms with Crippen molar-refractivity contribution in [3.63, 3.8) is 0 Å². The van der Waals surface area contributed by atoms with Gasteiger partial charge in [-0.15, -0.1) is 0 Å². The number of methoxy groups -OCH3 is 2. The summed E-state index contributed by atoms with van der Waals surface area (Å²) in [7, 11) is 3.08. The maximum Gasteiger partial charge on any atom is 0.311 e. The molecule has 1 atom stereocenters. The number of benzene rings is 1. The van der Waals surface area contributed by atoms with Crippen molar-refractivity contribution in [2.24, 2.45) is 0 Å². The van der Waals surface area contributed by atoms with Crippen LogP contribution in [0.4, 0.5) is 0 Å². The molecule has 0 amide bonds. The highest BCUT2D eigenvalue weighted by Crippen LogP contribution is 2.33. The van der Waals surface area contributed by atoms with Crippen molar-refractivity contribution in [2.75, 3.05) is 14.2 Å². The average molecular weight is 371 g/mol. The van der Waals surface area contributed by atoms with Crippen molar-refractivity contribution in [2.45, 2.75) is 38.2 Å². The molecule has 1 aromatic carbocycles. The van der Waals surface area contributed by atoms with Crippen LogP contribution in [0, 0.1) is 0 Å². The summed E-state index contributed by atoms with van der Waals surface area (Å²) < 4.78 is 16.5. The minimum Gasteiger partial charge on any atom is -0.493 e. The predicted octanol–water partition coefficient (Wildman–Crippen LogP) is 3.06. The molecular weight excluding hydrogens is 352 g/mol. The SMILES string of the molecule is COc1cc(Br)c(CC(=O)O[C@H]2CCCCC2=O)cc1OC. The summed E-state index contributed by atoms with van der Waals surface area (Å²) >= 11 is 3.41. The first-order valence-corrected chi connectivity index (χ1v) is 7.97. The molecule has 1 saturated carbocycles. The Morgan fingerprint density at radius 2 is 1.91 bits per heavy atom. The van der Waals surface area contributed by atoms with E-state index >= 15 is 0 Å². The average Bonchev–Trinajstić information content (AvgIpc) is 2.51. The fourth-order valence-corrected chi connectivity index (χ4v) is 2.93. The van der Waals surface area contributed by atoms with Crippen molar-refractivity contribution in [1.29, 1.82) is 0 Å². The maximum absolute atomic E-state index is 12.1. The summed E-state index contributed by atoms with van der Waals surface area (Å²) in [5.41, 5.74) is 0.728. The number of ketones is 1. The Labute approximate surface area is 138 Å². The Morgan fingerprint density at radius 1 is 1.23 bits per heavy atom. The van der Waals surface area contributed by atoms with E-state index in [4.69, 9.17) is 14.2 Å². The van der Waals surface area contributed by atoms with Crippen LogP contribution in [0.5, 0.6) is 11.5 Å². The summed E-state index contributed by atoms with van der Waals surface area (Å²) in [6, 6.07) is 3.47. The zero-order chi connectivity index (χ0) is 16.1. The quantitative estimate of drug-likeness (QED) is 0.745. The van der Waals surface area contributed by atoms with Crippen molar-refractivity contribution >= 4 is 27.7 Å². The Hall–Kier alpha value is -1.56. The molecule has 0 aliphatic heterocycles. The summed E-state index contributed by atoms with van der Waals surface area (Å²) in [6.07, 6.45) is 2.42. The number of Topliss-reactive ketones (excluding diaryl/α,β-unsaturated/α-hetero) is 1. The molecule has 22 heavy (non-hydrogen) atoms. The van der Waals surface area contributed by atoms with Crippen LogP contribution >= 0.6 is 15.9 Å². The predicted molar refractivity (Wildman–Crippen MR) is 84.3 cm³/mol. The lowest BCUT2D eigenvalue weighted by Crippen LogP contribution is -2.30. The second-order valence-corrected chi connectivity index (χ2v) is 6.02. The number of hydrogen-bond donors (Lipinski definition) is 0. The highest BCUT2D eigenvalue weighted by atomic mass is 79.9. The molecule has 1 aromatic rings. The van der Waals surface area contributed by atoms with Gasteiger partial charge in [0.2, 0.25) is 0 Å². The first-order valence-electron chi connectivity index (χ1n) is 7.17. The van der Waals surface area contributed by atoms with E-state index in [9.17, 15) is 9.59 Å². The van der Waals surface area contributed by atoms with Crippen LogP contribution in [-0.2, 0) is 20.7 Å². The van der Waals surface area contributed by atoms with Crippen molar-refractivity contribution in [1.82, 2.24) is 0 Å². The first-order chi connectivity index (χ1) is 10.5. The molecule has 120 valence electrons. The summed E-state index contributed by atoms with van der Waals surface area (Å²) in [5.74, 6) is 0.732. The van der Waals surface area contributed by atoms with Gasteiger partial charge < -0.3 is 14.2 Å². The largest absolute Gasteiger partial charge is 0.493 e. The Kier molecular flexibility index (Phi) is 5.83. The van der Waals surface area contributed by atoms with Gasteiger partial charge in [-0.3, -0.25) is 9.59 Å². The Morgan fingerprint density at radius 3 is 2.55 bits per heavy atom. The lowest BCUT2D eigenvalue weighted by Gasteiger charge is -2.21. The van der Waals surface area contributed by atoms with E-state index in [1.165, 1.54) is 7.11 Å². The van der Waals surface area contributed by atoms with Crippen LogP contribution in [0.15, 0.2) is 16.6 Å². The van der Waals surface area contributed by atoms with Crippen LogP contribution in [0.2, 0.25) is 0 Å². The highest BCUT2D eigenvalue weighted by Gasteiger charge is 2.26. The number of esters is 1. The number of halogens is 1. The number of rotatable bonds is 5. The minimum atomic E-state index is -0.583. The minimum absolute atomic E-state index is 0.0194. The van der Waals surface area contributed by atoms with Gasteiger partial charge in [-0.2, -0.15) is 0 Å². The van der Waals surface area contributed by atoms with Gasteiger partial charge in [-0.05, 0) is 37.0 Å². The van der Waals surface area contributed by atoms with Gasteiger partial charge in [0.25, 0.3) is 0 Å². The van der Waals surface area contributed by atoms with E-state index in [0.717, 1.165) is 22.9 Å². The van der Waals surface area contributed by atoms with Gasteiger partial charge in [0.15, 0.2) is 23.4 Å². The Balaban J connectivity index is 2.06. The van der Waals surface area contributed by atoms with Crippen molar-refractivity contribution in [3.05, 3.63) is 22.2 Å². The third-order valence-corrected chi connectivity index (χ3v) is 4.40. The Bertz CT molecular complexity index is 570. The fourth-order valence-electron chi connectivity index (χ4n) is 2.46. The molecule has 0 N–H and O–H groups in total. The molecule has 1 aliphatic rings. The van der Waals surface area contributed by atoms with Crippen LogP contribution < -0.4 is 9.47 Å². The van der Waals surface area contributed by atoms with Crippen molar-refractivity contribution < 1.29 is 23.8 Å². The molecule has 0 saturated heterocycles. The smallest absolute Gasteiger partial charge is 0.311 e. The molecular formula is C16H19BrO5. The van der Waals surface area contributed by atoms with Gasteiger partial charge in [0.1, 0.15) is 0 Å². The van der Waals surface area contributed by atoms with Crippen LogP contribution in [0.3, 0.4) is 0 Å². The summed E-state index contributed by atoms with van der Waals surface area (Å²) in [6.45, 7) is 0. The molecule has 0 bridgehead atoms. The molecule has 0 spiro atoms. The summed E-state index contributed by atoms with van der Waals surface area (Å²) in [4.78, 5) is 23.8.